The molecule has 2 amide bonds. The lowest BCUT2D eigenvalue weighted by Crippen LogP contribution is -2.41. The number of halogens is 1. The first kappa shape index (κ1) is 18.3. The van der Waals surface area contributed by atoms with E-state index in [4.69, 9.17) is 0 Å². The highest BCUT2D eigenvalue weighted by Gasteiger charge is 2.37. The number of rotatable bonds is 4. The maximum atomic E-state index is 13.4. The minimum absolute atomic E-state index is 0.00515. The van der Waals surface area contributed by atoms with Crippen molar-refractivity contribution in [3.8, 4) is 0 Å². The van der Waals surface area contributed by atoms with Gasteiger partial charge in [0.05, 0.1) is 11.4 Å². The van der Waals surface area contributed by atoms with E-state index in [1.807, 2.05) is 12.1 Å². The van der Waals surface area contributed by atoms with Crippen molar-refractivity contribution in [1.29, 1.82) is 0 Å². The zero-order chi connectivity index (χ0) is 18.0. The number of nitrogens with zero attached hydrogens (tertiary/aromatic N) is 1. The molecular formula is C18H25FN2O3S. The summed E-state index contributed by atoms with van der Waals surface area (Å²) in [5.74, 6) is -0.226. The van der Waals surface area contributed by atoms with Gasteiger partial charge in [-0.25, -0.2) is 4.39 Å². The van der Waals surface area contributed by atoms with Gasteiger partial charge in [0.15, 0.2) is 0 Å². The number of aryl methyl sites for hydroxylation is 1. The van der Waals surface area contributed by atoms with Crippen LogP contribution in [0.2, 0.25) is 0 Å². The predicted octanol–water partition coefficient (Wildman–Crippen LogP) is 2.14. The number of thiophene rings is 1. The molecule has 2 aliphatic rings. The van der Waals surface area contributed by atoms with Crippen LogP contribution in [0.15, 0.2) is 12.1 Å². The van der Waals surface area contributed by atoms with E-state index >= 15 is 0 Å². The van der Waals surface area contributed by atoms with Crippen molar-refractivity contribution >= 4 is 23.2 Å². The summed E-state index contributed by atoms with van der Waals surface area (Å²) in [7, 11) is 0. The quantitative estimate of drug-likeness (QED) is 0.855. The molecule has 1 aliphatic heterocycles. The number of nitrogens with one attached hydrogen (secondary N) is 1. The van der Waals surface area contributed by atoms with Crippen LogP contribution in [0.5, 0.6) is 0 Å². The highest BCUT2D eigenvalue weighted by Crippen LogP contribution is 2.28. The normalized spacial score (nSPS) is 29.6. The maximum Gasteiger partial charge on any atom is 0.261 e. The summed E-state index contributed by atoms with van der Waals surface area (Å²) >= 11 is 1.52. The lowest BCUT2D eigenvalue weighted by Gasteiger charge is -2.30. The second kappa shape index (κ2) is 7.83. The first-order valence-corrected chi connectivity index (χ1v) is 9.80. The molecule has 1 saturated carbocycles. The Morgan fingerprint density at radius 1 is 1.28 bits per heavy atom. The molecule has 1 aliphatic carbocycles. The van der Waals surface area contributed by atoms with Crippen molar-refractivity contribution in [3.05, 3.63) is 21.9 Å². The van der Waals surface area contributed by atoms with Gasteiger partial charge in [-0.15, -0.1) is 11.3 Å². The minimum Gasteiger partial charge on any atom is -0.388 e. The van der Waals surface area contributed by atoms with Crippen LogP contribution in [-0.4, -0.2) is 53.2 Å². The fourth-order valence-electron chi connectivity index (χ4n) is 3.62. The van der Waals surface area contributed by atoms with E-state index in [9.17, 15) is 19.1 Å². The fraction of sp³-hybridized carbons (Fsp3) is 0.667. The number of likely N-dealkylation sites (tertiary alicyclic amines) is 1. The Bertz CT molecular complexity index is 618. The Hall–Kier alpha value is -1.47. The molecular weight excluding hydrogens is 343 g/mol. The van der Waals surface area contributed by atoms with Crippen molar-refractivity contribution in [2.75, 3.05) is 13.1 Å². The molecule has 0 bridgehead atoms. The molecule has 1 aromatic heterocycles. The number of carbonyl (C=O) groups is 2. The fourth-order valence-corrected chi connectivity index (χ4v) is 4.47. The van der Waals surface area contributed by atoms with E-state index in [-0.39, 0.29) is 36.9 Å². The third-order valence-electron chi connectivity index (χ3n) is 5.18. The Morgan fingerprint density at radius 2 is 2.00 bits per heavy atom. The molecule has 2 fully saturated rings. The van der Waals surface area contributed by atoms with Gasteiger partial charge in [-0.05, 0) is 44.2 Å². The number of alkyl halides is 1. The van der Waals surface area contributed by atoms with Crippen LogP contribution in [0.3, 0.4) is 0 Å². The smallest absolute Gasteiger partial charge is 0.261 e. The lowest BCUT2D eigenvalue weighted by molar-refractivity contribution is -0.136. The van der Waals surface area contributed by atoms with Crippen LogP contribution in [0, 0.1) is 5.92 Å². The number of β-amino-alcohol motifs (C(OH)–C–C–N with tert-alkyl or cyclic N) is 1. The van der Waals surface area contributed by atoms with Crippen molar-refractivity contribution < 1.29 is 19.1 Å². The third kappa shape index (κ3) is 4.20. The summed E-state index contributed by atoms with van der Waals surface area (Å²) < 4.78 is 13.4. The van der Waals surface area contributed by atoms with Crippen molar-refractivity contribution in [3.63, 3.8) is 0 Å². The second-order valence-corrected chi connectivity index (χ2v) is 8.14. The zero-order valence-electron chi connectivity index (χ0n) is 14.4. The van der Waals surface area contributed by atoms with Gasteiger partial charge >= 0.3 is 0 Å². The molecule has 2 heterocycles. The van der Waals surface area contributed by atoms with Crippen LogP contribution in [0.25, 0.3) is 0 Å². The number of aliphatic hydroxyl groups is 1. The molecule has 2 atom stereocenters. The Morgan fingerprint density at radius 3 is 2.56 bits per heavy atom. The summed E-state index contributed by atoms with van der Waals surface area (Å²) in [5.41, 5.74) is 0. The Balaban J connectivity index is 1.47. The van der Waals surface area contributed by atoms with E-state index in [0.29, 0.717) is 12.8 Å². The van der Waals surface area contributed by atoms with E-state index < -0.39 is 12.3 Å². The molecule has 5 nitrogen and oxygen atoms in total. The maximum absolute atomic E-state index is 13.4. The van der Waals surface area contributed by atoms with Crippen LogP contribution < -0.4 is 5.32 Å². The molecule has 1 saturated heterocycles. The largest absolute Gasteiger partial charge is 0.388 e. The van der Waals surface area contributed by atoms with Gasteiger partial charge in [0, 0.05) is 23.4 Å². The molecule has 138 valence electrons. The average Bonchev–Trinajstić information content (AvgIpc) is 3.22. The highest BCUT2D eigenvalue weighted by molar-refractivity contribution is 7.14. The first-order chi connectivity index (χ1) is 12.0. The molecule has 7 heteroatoms. The predicted molar refractivity (Wildman–Crippen MR) is 94.4 cm³/mol. The molecule has 0 radical (unpaired) electrons. The van der Waals surface area contributed by atoms with Gasteiger partial charge in [-0.3, -0.25) is 9.59 Å². The Kier molecular flexibility index (Phi) is 5.74. The van der Waals surface area contributed by atoms with E-state index in [1.165, 1.54) is 21.1 Å². The minimum atomic E-state index is -1.33. The summed E-state index contributed by atoms with van der Waals surface area (Å²) in [6, 6.07) is 3.93. The average molecular weight is 368 g/mol. The monoisotopic (exact) mass is 368 g/mol. The van der Waals surface area contributed by atoms with Crippen molar-refractivity contribution in [1.82, 2.24) is 10.2 Å². The van der Waals surface area contributed by atoms with E-state index in [2.05, 4.69) is 12.2 Å². The van der Waals surface area contributed by atoms with Crippen LogP contribution in [0.1, 0.15) is 47.2 Å². The van der Waals surface area contributed by atoms with Gasteiger partial charge in [0.25, 0.3) is 5.91 Å². The zero-order valence-corrected chi connectivity index (χ0v) is 15.2. The van der Waals surface area contributed by atoms with Crippen molar-refractivity contribution in [2.24, 2.45) is 5.92 Å². The lowest BCUT2D eigenvalue weighted by atomic mass is 9.85. The van der Waals surface area contributed by atoms with Crippen LogP contribution in [-0.2, 0) is 11.2 Å². The van der Waals surface area contributed by atoms with E-state index in [1.54, 1.807) is 0 Å². The van der Waals surface area contributed by atoms with E-state index in [0.717, 1.165) is 24.1 Å². The summed E-state index contributed by atoms with van der Waals surface area (Å²) in [5, 5.41) is 12.5. The third-order valence-corrected chi connectivity index (χ3v) is 6.41. The van der Waals surface area contributed by atoms with Crippen LogP contribution in [0.4, 0.5) is 4.39 Å². The topological polar surface area (TPSA) is 69.6 Å². The second-order valence-electron chi connectivity index (χ2n) is 6.97. The number of amides is 2. The SMILES string of the molecule is CCc1ccc(C(=O)NC2CCC(C(=O)N3C[C@@H](O)[C@H](F)C3)CC2)s1. The molecule has 0 aromatic carbocycles. The number of hydrogen-bond donors (Lipinski definition) is 2. The molecule has 0 unspecified atom stereocenters. The summed E-state index contributed by atoms with van der Waals surface area (Å²) in [6.45, 7) is 2.15. The van der Waals surface area contributed by atoms with Gasteiger partial charge in [0.2, 0.25) is 5.91 Å². The molecule has 2 N–H and O–H groups in total. The molecule has 3 rings (SSSR count). The molecule has 25 heavy (non-hydrogen) atoms. The van der Waals surface area contributed by atoms with Crippen molar-refractivity contribution in [2.45, 2.75) is 57.3 Å². The van der Waals surface area contributed by atoms with Gasteiger partial charge < -0.3 is 15.3 Å². The van der Waals surface area contributed by atoms with Gasteiger partial charge in [-0.1, -0.05) is 6.92 Å². The molecule has 1 aromatic rings. The number of hydrogen-bond acceptors (Lipinski definition) is 4. The summed E-state index contributed by atoms with van der Waals surface area (Å²) in [4.78, 5) is 28.1. The van der Waals surface area contributed by atoms with Gasteiger partial charge in [0.1, 0.15) is 12.3 Å². The number of aliphatic hydroxyl groups excluding tert-OH is 1. The highest BCUT2D eigenvalue weighted by atomic mass is 32.1. The number of carbonyl (C=O) groups excluding carboxylic acids is 2. The summed E-state index contributed by atoms with van der Waals surface area (Å²) in [6.07, 6.45) is 1.43. The van der Waals surface area contributed by atoms with Crippen LogP contribution >= 0.6 is 11.3 Å². The Labute approximate surface area is 151 Å². The molecule has 0 spiro atoms. The first-order valence-electron chi connectivity index (χ1n) is 8.98. The van der Waals surface area contributed by atoms with Gasteiger partial charge in [-0.2, -0.15) is 0 Å². The standard InChI is InChI=1S/C18H25FN2O3S/c1-2-13-7-8-16(25-13)17(23)20-12-5-3-11(4-6-12)18(24)21-9-14(19)15(22)10-21/h7-8,11-12,14-15,22H,2-6,9-10H2,1H3,(H,20,23)/t11?,12?,14-,15-/m1/s1.